The minimum Gasteiger partial charge on any atom is -0.475 e. The lowest BCUT2D eigenvalue weighted by Crippen LogP contribution is -2.50. The van der Waals surface area contributed by atoms with Crippen LogP contribution in [-0.4, -0.2) is 28.4 Å². The highest BCUT2D eigenvalue weighted by atomic mass is 16.7. The number of ketones is 2. The molecule has 0 amide bonds. The van der Waals surface area contributed by atoms with Gasteiger partial charge < -0.3 is 14.6 Å². The van der Waals surface area contributed by atoms with Crippen LogP contribution in [0.2, 0.25) is 0 Å². The molecule has 228 valence electrons. The molecule has 0 aliphatic carbocycles. The number of unbranched alkanes of at least 4 members (excludes halogenated alkanes) is 7. The van der Waals surface area contributed by atoms with Gasteiger partial charge in [-0.2, -0.15) is 0 Å². The van der Waals surface area contributed by atoms with Crippen LogP contribution >= 0.6 is 0 Å². The number of hydrogen-bond donors (Lipinski definition) is 1. The van der Waals surface area contributed by atoms with Gasteiger partial charge in [-0.3, -0.25) is 9.59 Å². The summed E-state index contributed by atoms with van der Waals surface area (Å²) in [7, 11) is 0. The molecule has 0 aromatic heterocycles. The van der Waals surface area contributed by atoms with Gasteiger partial charge in [-0.25, -0.2) is 4.79 Å². The van der Waals surface area contributed by atoms with Gasteiger partial charge >= 0.3 is 11.8 Å². The second kappa shape index (κ2) is 16.2. The van der Waals surface area contributed by atoms with Crippen LogP contribution in [0.5, 0.6) is 11.5 Å². The van der Waals surface area contributed by atoms with Crippen molar-refractivity contribution in [1.82, 2.24) is 0 Å². The quantitative estimate of drug-likeness (QED) is 0.0705. The summed E-state index contributed by atoms with van der Waals surface area (Å²) in [6, 6.07) is 30.8. The van der Waals surface area contributed by atoms with E-state index in [0.29, 0.717) is 28.7 Å². The summed E-state index contributed by atoms with van der Waals surface area (Å²) in [6.07, 6.45) is 8.49. The summed E-state index contributed by atoms with van der Waals surface area (Å²) >= 11 is 0. The van der Waals surface area contributed by atoms with E-state index in [4.69, 9.17) is 9.47 Å². The maximum absolute atomic E-state index is 12.9. The predicted octanol–water partition coefficient (Wildman–Crippen LogP) is 8.92. The maximum Gasteiger partial charge on any atom is 0.390 e. The summed E-state index contributed by atoms with van der Waals surface area (Å²) in [5.74, 6) is -2.99. The second-order valence-electron chi connectivity index (χ2n) is 10.9. The fourth-order valence-corrected chi connectivity index (χ4v) is 5.05. The van der Waals surface area contributed by atoms with Gasteiger partial charge in [0.1, 0.15) is 11.5 Å². The number of hydrogen-bond acceptors (Lipinski definition) is 5. The smallest absolute Gasteiger partial charge is 0.390 e. The normalized spacial score (nSPS) is 11.1. The molecule has 1 N–H and O–H groups in total. The highest BCUT2D eigenvalue weighted by Crippen LogP contribution is 2.30. The predicted molar refractivity (Wildman–Crippen MR) is 171 cm³/mol. The van der Waals surface area contributed by atoms with E-state index in [1.165, 1.54) is 25.7 Å². The molecule has 4 aromatic carbocycles. The lowest BCUT2D eigenvalue weighted by Gasteiger charge is -2.31. The van der Waals surface area contributed by atoms with Crippen molar-refractivity contribution in [3.63, 3.8) is 0 Å². The molecule has 0 atom stereocenters. The van der Waals surface area contributed by atoms with Gasteiger partial charge in [0.25, 0.3) is 0 Å². The minimum atomic E-state index is -2.00. The SMILES string of the molecule is CCCCCCCCCCC(Oc1ccc(C(=O)c2ccccc2)cc1)(Oc1ccc(C(=O)c2ccccc2)cc1)C(=O)O. The third kappa shape index (κ3) is 8.90. The molecule has 0 saturated carbocycles. The number of benzene rings is 4. The van der Waals surface area contributed by atoms with Gasteiger partial charge in [-0.05, 0) is 55.0 Å². The zero-order chi connectivity index (χ0) is 31.2. The Hall–Kier alpha value is -4.71. The van der Waals surface area contributed by atoms with E-state index in [1.807, 2.05) is 12.1 Å². The van der Waals surface area contributed by atoms with Crippen LogP contribution in [0.1, 0.15) is 96.6 Å². The van der Waals surface area contributed by atoms with E-state index in [2.05, 4.69) is 6.92 Å². The van der Waals surface area contributed by atoms with Crippen LogP contribution in [0.15, 0.2) is 109 Å². The summed E-state index contributed by atoms with van der Waals surface area (Å²) in [4.78, 5) is 38.6. The molecule has 6 heteroatoms. The molecule has 0 saturated heterocycles. The van der Waals surface area contributed by atoms with Gasteiger partial charge in [-0.15, -0.1) is 0 Å². The van der Waals surface area contributed by atoms with E-state index in [9.17, 15) is 19.5 Å². The average molecular weight is 593 g/mol. The van der Waals surface area contributed by atoms with Crippen molar-refractivity contribution in [2.24, 2.45) is 0 Å². The third-order valence-electron chi connectivity index (χ3n) is 7.56. The molecule has 44 heavy (non-hydrogen) atoms. The van der Waals surface area contributed by atoms with E-state index in [0.717, 1.165) is 19.3 Å². The lowest BCUT2D eigenvalue weighted by atomic mass is 10.0. The molecule has 0 spiro atoms. The third-order valence-corrected chi connectivity index (χ3v) is 7.56. The summed E-state index contributed by atoms with van der Waals surface area (Å²) < 4.78 is 12.2. The van der Waals surface area contributed by atoms with Crippen molar-refractivity contribution in [1.29, 1.82) is 0 Å². The molecule has 4 rings (SSSR count). The molecule has 0 heterocycles. The number of ether oxygens (including phenoxy) is 2. The van der Waals surface area contributed by atoms with Crippen molar-refractivity contribution in [3.8, 4) is 11.5 Å². The molecule has 0 radical (unpaired) electrons. The largest absolute Gasteiger partial charge is 0.475 e. The zero-order valence-corrected chi connectivity index (χ0v) is 25.2. The Bertz CT molecular complexity index is 1380. The Morgan fingerprint density at radius 3 is 1.27 bits per heavy atom. The molecule has 0 unspecified atom stereocenters. The highest BCUT2D eigenvalue weighted by molar-refractivity contribution is 6.09. The minimum absolute atomic E-state index is 0.118. The van der Waals surface area contributed by atoms with Crippen molar-refractivity contribution in [2.75, 3.05) is 0 Å². The van der Waals surface area contributed by atoms with E-state index < -0.39 is 11.8 Å². The van der Waals surface area contributed by atoms with Crippen molar-refractivity contribution < 1.29 is 29.0 Å². The van der Waals surface area contributed by atoms with Gasteiger partial charge in [-0.1, -0.05) is 113 Å². The van der Waals surface area contributed by atoms with Crippen molar-refractivity contribution in [3.05, 3.63) is 131 Å². The van der Waals surface area contributed by atoms with Gasteiger partial charge in [0.05, 0.1) is 0 Å². The fourth-order valence-electron chi connectivity index (χ4n) is 5.05. The van der Waals surface area contributed by atoms with Crippen LogP contribution in [0.3, 0.4) is 0 Å². The Labute approximate surface area is 259 Å². The molecule has 0 fully saturated rings. The number of aliphatic carboxylic acids is 1. The molecule has 0 aliphatic rings. The molecule has 0 bridgehead atoms. The summed E-state index contributed by atoms with van der Waals surface area (Å²) in [6.45, 7) is 2.19. The first kappa shape index (κ1) is 32.2. The highest BCUT2D eigenvalue weighted by Gasteiger charge is 2.44. The second-order valence-corrected chi connectivity index (χ2v) is 10.9. The number of carboxylic acid groups (broad SMARTS) is 1. The summed E-state index contributed by atoms with van der Waals surface area (Å²) in [5.41, 5.74) is 2.06. The first-order chi connectivity index (χ1) is 21.4. The number of carboxylic acids is 1. The Morgan fingerprint density at radius 2 is 0.886 bits per heavy atom. The average Bonchev–Trinajstić information content (AvgIpc) is 3.06. The Kier molecular flexibility index (Phi) is 11.9. The topological polar surface area (TPSA) is 89.9 Å². The van der Waals surface area contributed by atoms with Gasteiger partial charge in [0.2, 0.25) is 0 Å². The molecule has 0 aliphatic heterocycles. The first-order valence-corrected chi connectivity index (χ1v) is 15.4. The Morgan fingerprint density at radius 1 is 0.523 bits per heavy atom. The maximum atomic E-state index is 12.9. The van der Waals surface area contributed by atoms with E-state index in [1.54, 1.807) is 97.1 Å². The molecular formula is C38H40O6. The van der Waals surface area contributed by atoms with Crippen LogP contribution in [-0.2, 0) is 4.79 Å². The van der Waals surface area contributed by atoms with Crippen LogP contribution in [0, 0.1) is 0 Å². The zero-order valence-electron chi connectivity index (χ0n) is 25.2. The van der Waals surface area contributed by atoms with Gasteiger partial charge in [0.15, 0.2) is 11.6 Å². The Balaban J connectivity index is 1.51. The summed E-state index contributed by atoms with van der Waals surface area (Å²) in [5, 5.41) is 10.5. The molecule has 6 nitrogen and oxygen atoms in total. The van der Waals surface area contributed by atoms with E-state index in [-0.39, 0.29) is 29.5 Å². The fraction of sp³-hybridized carbons (Fsp3) is 0.289. The van der Waals surface area contributed by atoms with E-state index >= 15 is 0 Å². The van der Waals surface area contributed by atoms with Crippen LogP contribution in [0.4, 0.5) is 0 Å². The van der Waals surface area contributed by atoms with Crippen LogP contribution < -0.4 is 9.47 Å². The monoisotopic (exact) mass is 592 g/mol. The molecule has 4 aromatic rings. The molecular weight excluding hydrogens is 552 g/mol. The van der Waals surface area contributed by atoms with Crippen molar-refractivity contribution >= 4 is 17.5 Å². The van der Waals surface area contributed by atoms with Crippen LogP contribution in [0.25, 0.3) is 0 Å². The number of carbonyl (C=O) groups is 3. The van der Waals surface area contributed by atoms with Gasteiger partial charge in [0, 0.05) is 28.7 Å². The number of carbonyl (C=O) groups excluding carboxylic acids is 2. The number of rotatable bonds is 18. The standard InChI is InChI=1S/C38H40O6/c1-2-3-4-5-6-7-8-15-28-38(37(41)42,43-33-24-20-31(21-25-33)35(39)29-16-11-9-12-17-29)44-34-26-22-32(23-27-34)36(40)30-18-13-10-14-19-30/h9-14,16-27H,2-8,15,28H2,1H3,(H,41,42). The van der Waals surface area contributed by atoms with Crippen molar-refractivity contribution in [2.45, 2.75) is 70.5 Å². The lowest BCUT2D eigenvalue weighted by molar-refractivity contribution is -0.187. The first-order valence-electron chi connectivity index (χ1n) is 15.4.